The van der Waals surface area contributed by atoms with Gasteiger partial charge in [-0.05, 0) is 12.0 Å². The van der Waals surface area contributed by atoms with Crippen LogP contribution in [0.4, 0.5) is 11.4 Å². The topological polar surface area (TPSA) is 55.6 Å². The quantitative estimate of drug-likeness (QED) is 0.529. The summed E-state index contributed by atoms with van der Waals surface area (Å²) in [6.07, 6.45) is 0.796. The van der Waals surface area contributed by atoms with Gasteiger partial charge in [-0.1, -0.05) is 12.1 Å². The summed E-state index contributed by atoms with van der Waals surface area (Å²) in [6, 6.07) is 5.09. The lowest BCUT2D eigenvalue weighted by molar-refractivity contribution is -0.384. The molecule has 1 aliphatic heterocycles. The van der Waals surface area contributed by atoms with E-state index in [9.17, 15) is 10.1 Å². The third-order valence-electron chi connectivity index (χ3n) is 2.35. The smallest absolute Gasteiger partial charge is 0.277 e. The second-order valence-corrected chi connectivity index (χ2v) is 3.08. The molecule has 74 valence electrons. The molecular formula is C9H10N2O3. The Morgan fingerprint density at radius 2 is 2.36 bits per heavy atom. The van der Waals surface area contributed by atoms with Crippen LogP contribution in [0.25, 0.3) is 0 Å². The molecule has 0 aromatic heterocycles. The van der Waals surface area contributed by atoms with E-state index in [1.807, 2.05) is 6.07 Å². The second-order valence-electron chi connectivity index (χ2n) is 3.08. The number of rotatable bonds is 2. The number of hydrogen-bond donors (Lipinski definition) is 0. The first-order valence-electron chi connectivity index (χ1n) is 4.32. The van der Waals surface area contributed by atoms with Crippen molar-refractivity contribution in [1.29, 1.82) is 0 Å². The van der Waals surface area contributed by atoms with Crippen molar-refractivity contribution in [3.05, 3.63) is 33.9 Å². The van der Waals surface area contributed by atoms with Crippen molar-refractivity contribution < 1.29 is 9.76 Å². The third kappa shape index (κ3) is 1.22. The van der Waals surface area contributed by atoms with Gasteiger partial charge in [0.25, 0.3) is 5.69 Å². The summed E-state index contributed by atoms with van der Waals surface area (Å²) >= 11 is 0. The number of hydroxylamine groups is 1. The maximum absolute atomic E-state index is 10.7. The summed E-state index contributed by atoms with van der Waals surface area (Å²) < 4.78 is 0. The minimum atomic E-state index is -0.379. The number of anilines is 1. The van der Waals surface area contributed by atoms with Gasteiger partial charge in [-0.25, -0.2) is 5.06 Å². The first-order valence-corrected chi connectivity index (χ1v) is 4.32. The summed E-state index contributed by atoms with van der Waals surface area (Å²) in [4.78, 5) is 15.4. The lowest BCUT2D eigenvalue weighted by atomic mass is 10.1. The zero-order valence-corrected chi connectivity index (χ0v) is 7.77. The van der Waals surface area contributed by atoms with Crippen molar-refractivity contribution in [2.45, 2.75) is 6.42 Å². The molecule has 0 fully saturated rings. The monoisotopic (exact) mass is 194 g/mol. The predicted molar refractivity (Wildman–Crippen MR) is 51.2 cm³/mol. The van der Waals surface area contributed by atoms with Gasteiger partial charge in [0.05, 0.1) is 12.0 Å². The zero-order valence-electron chi connectivity index (χ0n) is 7.77. The average molecular weight is 194 g/mol. The van der Waals surface area contributed by atoms with Gasteiger partial charge >= 0.3 is 0 Å². The molecule has 0 spiro atoms. The summed E-state index contributed by atoms with van der Waals surface area (Å²) in [7, 11) is 1.52. The number of nitrogens with zero attached hydrogens (tertiary/aromatic N) is 2. The highest BCUT2D eigenvalue weighted by Gasteiger charge is 2.27. The van der Waals surface area contributed by atoms with Crippen LogP contribution in [0.2, 0.25) is 0 Å². The molecule has 14 heavy (non-hydrogen) atoms. The number of nitro benzene ring substituents is 1. The lowest BCUT2D eigenvalue weighted by Crippen LogP contribution is -2.19. The standard InChI is InChI=1S/C9H10N2O3/c1-14-10-6-5-7-3-2-4-8(9(7)10)11(12)13/h2-4H,5-6H2,1H3. The molecule has 1 heterocycles. The first-order chi connectivity index (χ1) is 6.74. The minimum absolute atomic E-state index is 0.113. The lowest BCUT2D eigenvalue weighted by Gasteiger charge is -2.14. The van der Waals surface area contributed by atoms with Crippen molar-refractivity contribution in [3.63, 3.8) is 0 Å². The Kier molecular flexibility index (Phi) is 2.09. The van der Waals surface area contributed by atoms with Crippen LogP contribution < -0.4 is 5.06 Å². The fourth-order valence-corrected chi connectivity index (χ4v) is 1.73. The van der Waals surface area contributed by atoms with Gasteiger partial charge in [0.2, 0.25) is 0 Å². The molecule has 0 radical (unpaired) electrons. The van der Waals surface area contributed by atoms with Gasteiger partial charge in [0.1, 0.15) is 5.69 Å². The van der Waals surface area contributed by atoms with Gasteiger partial charge in [0, 0.05) is 12.6 Å². The highest BCUT2D eigenvalue weighted by Crippen LogP contribution is 2.36. The van der Waals surface area contributed by atoms with Crippen molar-refractivity contribution >= 4 is 11.4 Å². The average Bonchev–Trinajstić information content (AvgIpc) is 2.59. The molecule has 0 bridgehead atoms. The number of nitro groups is 1. The summed E-state index contributed by atoms with van der Waals surface area (Å²) in [5.41, 5.74) is 1.68. The predicted octanol–water partition coefficient (Wildman–Crippen LogP) is 1.52. The number of fused-ring (bicyclic) bond motifs is 1. The molecule has 0 unspecified atom stereocenters. The Morgan fingerprint density at radius 1 is 1.57 bits per heavy atom. The fraction of sp³-hybridized carbons (Fsp3) is 0.333. The van der Waals surface area contributed by atoms with Crippen LogP contribution >= 0.6 is 0 Å². The first kappa shape index (κ1) is 8.96. The van der Waals surface area contributed by atoms with E-state index in [0.717, 1.165) is 12.0 Å². The van der Waals surface area contributed by atoms with Crippen LogP contribution in [0.15, 0.2) is 18.2 Å². The van der Waals surface area contributed by atoms with E-state index in [0.29, 0.717) is 12.2 Å². The Labute approximate surface area is 81.0 Å². The van der Waals surface area contributed by atoms with Crippen molar-refractivity contribution in [3.8, 4) is 0 Å². The van der Waals surface area contributed by atoms with E-state index >= 15 is 0 Å². The van der Waals surface area contributed by atoms with E-state index in [1.165, 1.54) is 13.2 Å². The maximum atomic E-state index is 10.7. The highest BCUT2D eigenvalue weighted by molar-refractivity contribution is 5.69. The molecular weight excluding hydrogens is 184 g/mol. The minimum Gasteiger partial charge on any atom is -0.277 e. The van der Waals surface area contributed by atoms with Gasteiger partial charge in [-0.2, -0.15) is 0 Å². The van der Waals surface area contributed by atoms with Crippen LogP contribution in [0.1, 0.15) is 5.56 Å². The summed E-state index contributed by atoms with van der Waals surface area (Å²) in [5, 5.41) is 12.3. The molecule has 2 rings (SSSR count). The molecule has 0 amide bonds. The normalized spacial score (nSPS) is 14.2. The van der Waals surface area contributed by atoms with Crippen LogP contribution in [-0.4, -0.2) is 18.6 Å². The number of benzene rings is 1. The van der Waals surface area contributed by atoms with E-state index < -0.39 is 0 Å². The Balaban J connectivity index is 2.54. The van der Waals surface area contributed by atoms with Crippen LogP contribution in [0.3, 0.4) is 0 Å². The molecule has 0 N–H and O–H groups in total. The van der Waals surface area contributed by atoms with E-state index in [2.05, 4.69) is 0 Å². The molecule has 0 atom stereocenters. The van der Waals surface area contributed by atoms with E-state index in [4.69, 9.17) is 4.84 Å². The van der Waals surface area contributed by atoms with Gasteiger partial charge in [-0.3, -0.25) is 15.0 Å². The number of hydrogen-bond acceptors (Lipinski definition) is 4. The third-order valence-corrected chi connectivity index (χ3v) is 2.35. The van der Waals surface area contributed by atoms with Gasteiger partial charge < -0.3 is 0 Å². The van der Waals surface area contributed by atoms with Crippen molar-refractivity contribution in [2.75, 3.05) is 18.7 Å². The summed E-state index contributed by atoms with van der Waals surface area (Å²) in [5.74, 6) is 0. The van der Waals surface area contributed by atoms with Gasteiger partial charge in [0.15, 0.2) is 0 Å². The second kappa shape index (κ2) is 3.26. The zero-order chi connectivity index (χ0) is 10.1. The number of para-hydroxylation sites is 1. The van der Waals surface area contributed by atoms with Gasteiger partial charge in [-0.15, -0.1) is 0 Å². The SMILES string of the molecule is CON1CCc2cccc([N+](=O)[O-])c21. The van der Waals surface area contributed by atoms with E-state index in [1.54, 1.807) is 11.1 Å². The molecule has 0 saturated carbocycles. The largest absolute Gasteiger partial charge is 0.295 e. The fourth-order valence-electron chi connectivity index (χ4n) is 1.73. The van der Waals surface area contributed by atoms with E-state index in [-0.39, 0.29) is 10.6 Å². The van der Waals surface area contributed by atoms with Crippen molar-refractivity contribution in [1.82, 2.24) is 0 Å². The molecule has 1 aromatic rings. The Hall–Kier alpha value is -1.62. The maximum Gasteiger partial charge on any atom is 0.295 e. The summed E-state index contributed by atoms with van der Waals surface area (Å²) in [6.45, 7) is 0.677. The highest BCUT2D eigenvalue weighted by atomic mass is 16.7. The van der Waals surface area contributed by atoms with Crippen LogP contribution in [-0.2, 0) is 11.3 Å². The molecule has 5 heteroatoms. The van der Waals surface area contributed by atoms with Crippen LogP contribution in [0, 0.1) is 10.1 Å². The molecule has 5 nitrogen and oxygen atoms in total. The molecule has 1 aliphatic rings. The Morgan fingerprint density at radius 3 is 3.00 bits per heavy atom. The molecule has 1 aromatic carbocycles. The molecule has 0 aliphatic carbocycles. The van der Waals surface area contributed by atoms with Crippen LogP contribution in [0.5, 0.6) is 0 Å². The Bertz CT molecular complexity index is 378. The molecule has 0 saturated heterocycles. The van der Waals surface area contributed by atoms with Crippen molar-refractivity contribution in [2.24, 2.45) is 0 Å².